The number of rotatable bonds is 7. The lowest BCUT2D eigenvalue weighted by molar-refractivity contribution is -0.127. The van der Waals surface area contributed by atoms with Crippen LogP contribution < -0.4 is 0 Å². The minimum absolute atomic E-state index is 0.00374. The van der Waals surface area contributed by atoms with Crippen LogP contribution in [0.1, 0.15) is 17.1 Å². The predicted molar refractivity (Wildman–Crippen MR) is 108 cm³/mol. The Kier molecular flexibility index (Phi) is 6.50. The van der Waals surface area contributed by atoms with Crippen LogP contribution in [-0.2, 0) is 34.6 Å². The number of carbonyl (C=O) groups is 1. The van der Waals surface area contributed by atoms with Crippen molar-refractivity contribution in [1.82, 2.24) is 19.7 Å². The Morgan fingerprint density at radius 3 is 2.85 bits per heavy atom. The molecule has 2 aromatic rings. The molecule has 11 heteroatoms. The fourth-order valence-corrected chi connectivity index (χ4v) is 6.81. The standard InChI is InChI=1S/C16H21ClN4O3S3/c1-20(8-12-3-4-13(17)26-12)15(22)9-25-16-19-18-14(21(16)2)7-11-5-6-27(23,24)10-11/h3-4,11H,5-10H2,1-2H3. The third-order valence-corrected chi connectivity index (χ3v) is 8.55. The van der Waals surface area contributed by atoms with E-state index in [0.717, 1.165) is 10.7 Å². The molecule has 7 nitrogen and oxygen atoms in total. The summed E-state index contributed by atoms with van der Waals surface area (Å²) in [7, 11) is 0.716. The Labute approximate surface area is 172 Å². The number of amides is 1. The Hall–Kier alpha value is -1.10. The second-order valence-corrected chi connectivity index (χ2v) is 11.6. The zero-order valence-corrected chi connectivity index (χ0v) is 18.3. The minimum Gasteiger partial charge on any atom is -0.340 e. The monoisotopic (exact) mass is 448 g/mol. The Bertz CT molecular complexity index is 925. The highest BCUT2D eigenvalue weighted by molar-refractivity contribution is 7.99. The smallest absolute Gasteiger partial charge is 0.233 e. The highest BCUT2D eigenvalue weighted by Crippen LogP contribution is 2.25. The van der Waals surface area contributed by atoms with E-state index >= 15 is 0 Å². The Balaban J connectivity index is 1.52. The molecule has 3 rings (SSSR count). The van der Waals surface area contributed by atoms with E-state index in [1.165, 1.54) is 23.1 Å². The zero-order chi connectivity index (χ0) is 19.6. The number of carbonyl (C=O) groups excluding carboxylic acids is 1. The van der Waals surface area contributed by atoms with Crippen LogP contribution in [0.3, 0.4) is 0 Å². The molecule has 1 amide bonds. The van der Waals surface area contributed by atoms with Crippen LogP contribution in [0.5, 0.6) is 0 Å². The summed E-state index contributed by atoms with van der Waals surface area (Å²) in [6, 6.07) is 3.74. The highest BCUT2D eigenvalue weighted by Gasteiger charge is 2.29. The van der Waals surface area contributed by atoms with Crippen molar-refractivity contribution in [1.29, 1.82) is 0 Å². The van der Waals surface area contributed by atoms with Crippen LogP contribution in [0.4, 0.5) is 0 Å². The third-order valence-electron chi connectivity index (χ3n) is 4.50. The van der Waals surface area contributed by atoms with Crippen LogP contribution in [0, 0.1) is 5.92 Å². The van der Waals surface area contributed by atoms with Crippen molar-refractivity contribution < 1.29 is 13.2 Å². The van der Waals surface area contributed by atoms with Crippen molar-refractivity contribution >= 4 is 50.4 Å². The van der Waals surface area contributed by atoms with Gasteiger partial charge in [-0.3, -0.25) is 4.79 Å². The topological polar surface area (TPSA) is 85.2 Å². The summed E-state index contributed by atoms with van der Waals surface area (Å²) in [6.45, 7) is 0.525. The van der Waals surface area contributed by atoms with E-state index in [1.54, 1.807) is 11.9 Å². The average Bonchev–Trinajstić information content (AvgIpc) is 3.26. The molecule has 0 radical (unpaired) electrons. The van der Waals surface area contributed by atoms with Crippen molar-refractivity contribution in [2.75, 3.05) is 24.3 Å². The summed E-state index contributed by atoms with van der Waals surface area (Å²) < 4.78 is 25.8. The van der Waals surface area contributed by atoms with Crippen molar-refractivity contribution in [3.8, 4) is 0 Å². The van der Waals surface area contributed by atoms with Gasteiger partial charge in [-0.15, -0.1) is 21.5 Å². The molecule has 3 heterocycles. The molecule has 0 aromatic carbocycles. The molecule has 1 fully saturated rings. The Morgan fingerprint density at radius 1 is 1.44 bits per heavy atom. The molecular weight excluding hydrogens is 428 g/mol. The van der Waals surface area contributed by atoms with Gasteiger partial charge in [0.25, 0.3) is 0 Å². The molecule has 1 aliphatic rings. The van der Waals surface area contributed by atoms with Gasteiger partial charge in [-0.25, -0.2) is 8.42 Å². The number of thiophene rings is 1. The molecular formula is C16H21ClN4O3S3. The second kappa shape index (κ2) is 8.50. The van der Waals surface area contributed by atoms with Crippen LogP contribution in [-0.4, -0.2) is 58.3 Å². The van der Waals surface area contributed by atoms with E-state index in [2.05, 4.69) is 10.2 Å². The van der Waals surface area contributed by atoms with Crippen LogP contribution in [0.25, 0.3) is 0 Å². The molecule has 1 saturated heterocycles. The van der Waals surface area contributed by atoms with Crippen molar-refractivity contribution in [3.05, 3.63) is 27.2 Å². The SMILES string of the molecule is CN(Cc1ccc(Cl)s1)C(=O)CSc1nnc(CC2CCS(=O)(=O)C2)n1C. The van der Waals surface area contributed by atoms with E-state index in [4.69, 9.17) is 11.6 Å². The quantitative estimate of drug-likeness (QED) is 0.604. The summed E-state index contributed by atoms with van der Waals surface area (Å²) in [5, 5.41) is 8.99. The van der Waals surface area contributed by atoms with Gasteiger partial charge >= 0.3 is 0 Å². The molecule has 2 aromatic heterocycles. The van der Waals surface area contributed by atoms with Gasteiger partial charge < -0.3 is 9.47 Å². The maximum atomic E-state index is 12.3. The molecule has 1 unspecified atom stereocenters. The number of thioether (sulfide) groups is 1. The number of hydrogen-bond acceptors (Lipinski definition) is 7. The first-order chi connectivity index (χ1) is 12.7. The normalized spacial score (nSPS) is 18.7. The van der Waals surface area contributed by atoms with Crippen molar-refractivity contribution in [2.45, 2.75) is 24.5 Å². The number of nitrogens with zero attached hydrogens (tertiary/aromatic N) is 4. The zero-order valence-electron chi connectivity index (χ0n) is 15.1. The van der Waals surface area contributed by atoms with Gasteiger partial charge in [0, 0.05) is 25.4 Å². The summed E-state index contributed by atoms with van der Waals surface area (Å²) in [4.78, 5) is 15.0. The number of halogens is 1. The lowest BCUT2D eigenvalue weighted by atomic mass is 10.1. The molecule has 1 atom stereocenters. The van der Waals surface area contributed by atoms with Gasteiger partial charge in [0.15, 0.2) is 15.0 Å². The summed E-state index contributed by atoms with van der Waals surface area (Å²) in [6.07, 6.45) is 1.27. The molecule has 0 N–H and O–H groups in total. The second-order valence-electron chi connectivity index (χ2n) is 6.68. The van der Waals surface area contributed by atoms with E-state index in [-0.39, 0.29) is 29.1 Å². The first-order valence-corrected chi connectivity index (χ1v) is 12.4. The summed E-state index contributed by atoms with van der Waals surface area (Å²) in [5.41, 5.74) is 0. The summed E-state index contributed by atoms with van der Waals surface area (Å²) in [5.74, 6) is 1.59. The molecule has 27 heavy (non-hydrogen) atoms. The average molecular weight is 449 g/mol. The lowest BCUT2D eigenvalue weighted by Crippen LogP contribution is -2.27. The number of aromatic nitrogens is 3. The molecule has 1 aliphatic heterocycles. The highest BCUT2D eigenvalue weighted by atomic mass is 35.5. The van der Waals surface area contributed by atoms with Gasteiger partial charge in [0.2, 0.25) is 5.91 Å². The number of hydrogen-bond donors (Lipinski definition) is 0. The third kappa shape index (κ3) is 5.46. The van der Waals surface area contributed by atoms with Gasteiger partial charge in [-0.1, -0.05) is 23.4 Å². The number of sulfone groups is 1. The molecule has 0 aliphatic carbocycles. The van der Waals surface area contributed by atoms with E-state index in [9.17, 15) is 13.2 Å². The first kappa shape index (κ1) is 20.6. The van der Waals surface area contributed by atoms with Crippen molar-refractivity contribution in [2.24, 2.45) is 13.0 Å². The van der Waals surface area contributed by atoms with Gasteiger partial charge in [-0.05, 0) is 24.5 Å². The van der Waals surface area contributed by atoms with Gasteiger partial charge in [0.1, 0.15) is 5.82 Å². The van der Waals surface area contributed by atoms with Gasteiger partial charge in [-0.2, -0.15) is 0 Å². The maximum Gasteiger partial charge on any atom is 0.233 e. The molecule has 148 valence electrons. The largest absolute Gasteiger partial charge is 0.340 e. The maximum absolute atomic E-state index is 12.3. The molecule has 0 saturated carbocycles. The fraction of sp³-hybridized carbons (Fsp3) is 0.562. The molecule has 0 bridgehead atoms. The van der Waals surface area contributed by atoms with Crippen LogP contribution in [0.2, 0.25) is 4.34 Å². The van der Waals surface area contributed by atoms with E-state index in [1.807, 2.05) is 23.7 Å². The fourth-order valence-electron chi connectivity index (χ4n) is 2.93. The molecule has 0 spiro atoms. The van der Waals surface area contributed by atoms with E-state index in [0.29, 0.717) is 28.9 Å². The Morgan fingerprint density at radius 2 is 2.22 bits per heavy atom. The lowest BCUT2D eigenvalue weighted by Gasteiger charge is -2.15. The predicted octanol–water partition coefficient (Wildman–Crippen LogP) is 2.26. The van der Waals surface area contributed by atoms with Crippen LogP contribution >= 0.6 is 34.7 Å². The minimum atomic E-state index is -2.90. The van der Waals surface area contributed by atoms with Crippen molar-refractivity contribution in [3.63, 3.8) is 0 Å². The van der Waals surface area contributed by atoms with Crippen LogP contribution in [0.15, 0.2) is 17.3 Å². The van der Waals surface area contributed by atoms with Gasteiger partial charge in [0.05, 0.1) is 28.1 Å². The first-order valence-electron chi connectivity index (χ1n) is 8.43. The van der Waals surface area contributed by atoms with E-state index < -0.39 is 9.84 Å². The summed E-state index contributed by atoms with van der Waals surface area (Å²) >= 11 is 8.72.